The van der Waals surface area contributed by atoms with Crippen molar-refractivity contribution in [3.8, 4) is 5.75 Å². The molecule has 0 amide bonds. The van der Waals surface area contributed by atoms with Crippen LogP contribution in [0.2, 0.25) is 0 Å². The highest BCUT2D eigenvalue weighted by Gasteiger charge is 2.01. The van der Waals surface area contributed by atoms with Crippen molar-refractivity contribution in [3.63, 3.8) is 0 Å². The minimum atomic E-state index is -0.350. The summed E-state index contributed by atoms with van der Waals surface area (Å²) in [6, 6.07) is 17.7. The molecule has 108 valence electrons. The Bertz CT molecular complexity index is 613. The van der Waals surface area contributed by atoms with Crippen LogP contribution in [0.15, 0.2) is 60.7 Å². The highest BCUT2D eigenvalue weighted by Crippen LogP contribution is 2.19. The van der Waals surface area contributed by atoms with Crippen molar-refractivity contribution in [1.82, 2.24) is 0 Å². The molecule has 0 aliphatic carbocycles. The summed E-state index contributed by atoms with van der Waals surface area (Å²) in [6.07, 6.45) is 1.47. The summed E-state index contributed by atoms with van der Waals surface area (Å²) in [5.41, 5.74) is 2.95. The second-order valence-corrected chi connectivity index (χ2v) is 4.65. The van der Waals surface area contributed by atoms with Crippen LogP contribution in [0.5, 0.6) is 5.75 Å². The van der Waals surface area contributed by atoms with E-state index in [0.717, 1.165) is 22.4 Å². The SMILES string of the molecule is COC(=O)/C=C(/C)c1ccc(OCc2ccccc2)cc1. The van der Waals surface area contributed by atoms with Gasteiger partial charge in [0.1, 0.15) is 12.4 Å². The highest BCUT2D eigenvalue weighted by atomic mass is 16.5. The van der Waals surface area contributed by atoms with Gasteiger partial charge in [0.25, 0.3) is 0 Å². The fourth-order valence-corrected chi connectivity index (χ4v) is 1.87. The fourth-order valence-electron chi connectivity index (χ4n) is 1.87. The van der Waals surface area contributed by atoms with Gasteiger partial charge in [-0.2, -0.15) is 0 Å². The maximum Gasteiger partial charge on any atom is 0.330 e. The monoisotopic (exact) mass is 282 g/mol. The number of benzene rings is 2. The zero-order chi connectivity index (χ0) is 15.1. The zero-order valence-corrected chi connectivity index (χ0v) is 12.2. The van der Waals surface area contributed by atoms with Crippen molar-refractivity contribution in [3.05, 3.63) is 71.8 Å². The van der Waals surface area contributed by atoms with Crippen LogP contribution in [0, 0.1) is 0 Å². The molecule has 2 aromatic carbocycles. The quantitative estimate of drug-likeness (QED) is 0.617. The predicted octanol–water partition coefficient (Wildman–Crippen LogP) is 3.84. The fraction of sp³-hybridized carbons (Fsp3) is 0.167. The first-order chi connectivity index (χ1) is 10.2. The average molecular weight is 282 g/mol. The van der Waals surface area contributed by atoms with Crippen molar-refractivity contribution in [2.75, 3.05) is 7.11 Å². The smallest absolute Gasteiger partial charge is 0.330 e. The number of rotatable bonds is 5. The number of hydrogen-bond acceptors (Lipinski definition) is 3. The average Bonchev–Trinajstić information content (AvgIpc) is 2.54. The van der Waals surface area contributed by atoms with E-state index in [2.05, 4.69) is 4.74 Å². The summed E-state index contributed by atoms with van der Waals surface area (Å²) in [4.78, 5) is 11.2. The van der Waals surface area contributed by atoms with E-state index in [1.807, 2.05) is 61.5 Å². The van der Waals surface area contributed by atoms with Gasteiger partial charge in [0.05, 0.1) is 7.11 Å². The van der Waals surface area contributed by atoms with E-state index in [4.69, 9.17) is 4.74 Å². The zero-order valence-electron chi connectivity index (χ0n) is 12.2. The lowest BCUT2D eigenvalue weighted by Crippen LogP contribution is -1.96. The highest BCUT2D eigenvalue weighted by molar-refractivity contribution is 5.90. The predicted molar refractivity (Wildman–Crippen MR) is 82.9 cm³/mol. The Morgan fingerprint density at radius 1 is 1.05 bits per heavy atom. The number of esters is 1. The number of carbonyl (C=O) groups excluding carboxylic acids is 1. The molecule has 0 fully saturated rings. The standard InChI is InChI=1S/C18H18O3/c1-14(12-18(19)20-2)16-8-10-17(11-9-16)21-13-15-6-4-3-5-7-15/h3-12H,13H2,1-2H3/b14-12-. The second-order valence-electron chi connectivity index (χ2n) is 4.65. The summed E-state index contributed by atoms with van der Waals surface area (Å²) < 4.78 is 10.3. The van der Waals surface area contributed by atoms with Crippen molar-refractivity contribution in [2.45, 2.75) is 13.5 Å². The molecule has 3 nitrogen and oxygen atoms in total. The van der Waals surface area contributed by atoms with Crippen LogP contribution < -0.4 is 4.74 Å². The Hall–Kier alpha value is -2.55. The van der Waals surface area contributed by atoms with Crippen molar-refractivity contribution >= 4 is 11.5 Å². The van der Waals surface area contributed by atoms with Crippen molar-refractivity contribution in [1.29, 1.82) is 0 Å². The molecule has 0 bridgehead atoms. The van der Waals surface area contributed by atoms with E-state index >= 15 is 0 Å². The first kappa shape index (κ1) is 14.9. The molecule has 0 saturated carbocycles. The molecule has 0 aromatic heterocycles. The maximum atomic E-state index is 11.2. The van der Waals surface area contributed by atoms with E-state index < -0.39 is 0 Å². The molecular weight excluding hydrogens is 264 g/mol. The third-order valence-corrected chi connectivity index (χ3v) is 3.09. The molecule has 0 spiro atoms. The Morgan fingerprint density at radius 2 is 1.71 bits per heavy atom. The molecule has 2 aromatic rings. The third-order valence-electron chi connectivity index (χ3n) is 3.09. The van der Waals surface area contributed by atoms with Gasteiger partial charge in [-0.05, 0) is 35.8 Å². The summed E-state index contributed by atoms with van der Waals surface area (Å²) in [5.74, 6) is 0.449. The van der Waals surface area contributed by atoms with Gasteiger partial charge >= 0.3 is 5.97 Å². The van der Waals surface area contributed by atoms with Crippen LogP contribution >= 0.6 is 0 Å². The number of methoxy groups -OCH3 is 1. The molecule has 0 unspecified atom stereocenters. The first-order valence-electron chi connectivity index (χ1n) is 6.72. The molecule has 21 heavy (non-hydrogen) atoms. The van der Waals surface area contributed by atoms with E-state index in [9.17, 15) is 4.79 Å². The Labute approximate surface area is 124 Å². The minimum Gasteiger partial charge on any atom is -0.489 e. The van der Waals surface area contributed by atoms with E-state index in [1.165, 1.54) is 13.2 Å². The van der Waals surface area contributed by atoms with Gasteiger partial charge in [-0.15, -0.1) is 0 Å². The summed E-state index contributed by atoms with van der Waals surface area (Å²) in [6.45, 7) is 2.41. The van der Waals surface area contributed by atoms with Gasteiger partial charge < -0.3 is 9.47 Å². The number of hydrogen-bond donors (Lipinski definition) is 0. The lowest BCUT2D eigenvalue weighted by atomic mass is 10.1. The Morgan fingerprint density at radius 3 is 2.33 bits per heavy atom. The lowest BCUT2D eigenvalue weighted by Gasteiger charge is -2.07. The van der Waals surface area contributed by atoms with Gasteiger partial charge in [-0.25, -0.2) is 4.79 Å². The number of allylic oxidation sites excluding steroid dienone is 1. The van der Waals surface area contributed by atoms with Crippen molar-refractivity contribution in [2.24, 2.45) is 0 Å². The molecule has 0 heterocycles. The maximum absolute atomic E-state index is 11.2. The molecule has 0 aliphatic rings. The molecule has 0 N–H and O–H groups in total. The lowest BCUT2D eigenvalue weighted by molar-refractivity contribution is -0.134. The second kappa shape index (κ2) is 7.29. The van der Waals surface area contributed by atoms with Gasteiger partial charge in [0.15, 0.2) is 0 Å². The van der Waals surface area contributed by atoms with Gasteiger partial charge in [-0.3, -0.25) is 0 Å². The Kier molecular flexibility index (Phi) is 5.16. The number of ether oxygens (including phenoxy) is 2. The normalized spacial score (nSPS) is 11.0. The van der Waals surface area contributed by atoms with E-state index in [-0.39, 0.29) is 5.97 Å². The van der Waals surface area contributed by atoms with Gasteiger partial charge in [0.2, 0.25) is 0 Å². The Balaban J connectivity index is 1.99. The minimum absolute atomic E-state index is 0.350. The molecule has 0 aliphatic heterocycles. The summed E-state index contributed by atoms with van der Waals surface area (Å²) >= 11 is 0. The molecule has 0 atom stereocenters. The molecule has 2 rings (SSSR count). The van der Waals surface area contributed by atoms with Crippen LogP contribution in [-0.2, 0) is 16.1 Å². The molecular formula is C18H18O3. The van der Waals surface area contributed by atoms with Gasteiger partial charge in [-0.1, -0.05) is 42.5 Å². The van der Waals surface area contributed by atoms with Crippen LogP contribution in [-0.4, -0.2) is 13.1 Å². The van der Waals surface area contributed by atoms with Crippen molar-refractivity contribution < 1.29 is 14.3 Å². The molecule has 0 radical (unpaired) electrons. The van der Waals surface area contributed by atoms with Crippen LogP contribution in [0.1, 0.15) is 18.1 Å². The topological polar surface area (TPSA) is 35.5 Å². The van der Waals surface area contributed by atoms with Crippen LogP contribution in [0.25, 0.3) is 5.57 Å². The third kappa shape index (κ3) is 4.49. The largest absolute Gasteiger partial charge is 0.489 e. The summed E-state index contributed by atoms with van der Waals surface area (Å²) in [7, 11) is 1.37. The molecule has 3 heteroatoms. The van der Waals surface area contributed by atoms with Crippen LogP contribution in [0.3, 0.4) is 0 Å². The van der Waals surface area contributed by atoms with Crippen LogP contribution in [0.4, 0.5) is 0 Å². The molecule has 0 saturated heterocycles. The first-order valence-corrected chi connectivity index (χ1v) is 6.72. The van der Waals surface area contributed by atoms with E-state index in [0.29, 0.717) is 6.61 Å². The number of carbonyl (C=O) groups is 1. The van der Waals surface area contributed by atoms with Gasteiger partial charge in [0, 0.05) is 6.08 Å². The summed E-state index contributed by atoms with van der Waals surface area (Å²) in [5, 5.41) is 0. The van der Waals surface area contributed by atoms with E-state index in [1.54, 1.807) is 0 Å².